The summed E-state index contributed by atoms with van der Waals surface area (Å²) in [5.74, 6) is 0. The largest absolute Gasteiger partial charge is 0.294 e. The fourth-order valence-electron chi connectivity index (χ4n) is 1.69. The topological polar surface area (TPSA) is 54.4 Å². The van der Waals surface area contributed by atoms with E-state index in [1.165, 1.54) is 6.07 Å². The summed E-state index contributed by atoms with van der Waals surface area (Å²) in [5.41, 5.74) is 1.69. The summed E-state index contributed by atoms with van der Waals surface area (Å²) in [6.07, 6.45) is 5.22. The second-order valence-electron chi connectivity index (χ2n) is 3.25. The highest BCUT2D eigenvalue weighted by molar-refractivity contribution is 7.85. The van der Waals surface area contributed by atoms with E-state index in [-0.39, 0.29) is 4.90 Å². The summed E-state index contributed by atoms with van der Waals surface area (Å²) < 4.78 is 31.1. The molecule has 0 spiro atoms. The van der Waals surface area contributed by atoms with Crippen LogP contribution in [0.1, 0.15) is 11.1 Å². The van der Waals surface area contributed by atoms with E-state index >= 15 is 0 Å². The van der Waals surface area contributed by atoms with Crippen LogP contribution >= 0.6 is 0 Å². The first-order valence-electron chi connectivity index (χ1n) is 4.32. The van der Waals surface area contributed by atoms with Crippen molar-refractivity contribution in [3.63, 3.8) is 0 Å². The molecule has 0 heterocycles. The van der Waals surface area contributed by atoms with Crippen molar-refractivity contribution in [1.82, 2.24) is 0 Å². The maximum Gasteiger partial charge on any atom is 0.294 e. The normalized spacial score (nSPS) is 15.2. The van der Waals surface area contributed by atoms with E-state index in [2.05, 4.69) is 0 Å². The molecule has 0 unspecified atom stereocenters. The van der Waals surface area contributed by atoms with E-state index in [0.717, 1.165) is 17.5 Å². The number of rotatable bonds is 1. The molecule has 0 fully saturated rings. The van der Waals surface area contributed by atoms with E-state index in [9.17, 15) is 8.42 Å². The molecule has 0 bridgehead atoms. The Hall–Kier alpha value is -1.13. The van der Waals surface area contributed by atoms with Crippen LogP contribution in [-0.2, 0) is 23.0 Å². The van der Waals surface area contributed by atoms with Gasteiger partial charge in [-0.1, -0.05) is 24.3 Å². The van der Waals surface area contributed by atoms with Crippen molar-refractivity contribution in [1.29, 1.82) is 0 Å². The SMILES string of the molecule is O=S(=O)(O)c1cccc2c1CC=CC2. The van der Waals surface area contributed by atoms with Crippen LogP contribution in [0.15, 0.2) is 35.2 Å². The predicted octanol–water partition coefficient (Wildman–Crippen LogP) is 1.59. The van der Waals surface area contributed by atoms with Gasteiger partial charge in [-0.2, -0.15) is 8.42 Å². The molecule has 0 aromatic heterocycles. The lowest BCUT2D eigenvalue weighted by Crippen LogP contribution is -2.07. The minimum absolute atomic E-state index is 0.0411. The maximum atomic E-state index is 11.0. The van der Waals surface area contributed by atoms with Gasteiger partial charge in [-0.15, -0.1) is 0 Å². The summed E-state index contributed by atoms with van der Waals surface area (Å²) in [4.78, 5) is 0.0411. The predicted molar refractivity (Wildman–Crippen MR) is 52.8 cm³/mol. The highest BCUT2D eigenvalue weighted by Gasteiger charge is 2.17. The van der Waals surface area contributed by atoms with Gasteiger partial charge in [-0.25, -0.2) is 0 Å². The number of fused-ring (bicyclic) bond motifs is 1. The van der Waals surface area contributed by atoms with Gasteiger partial charge in [-0.3, -0.25) is 4.55 Å². The van der Waals surface area contributed by atoms with Crippen LogP contribution in [0.25, 0.3) is 0 Å². The van der Waals surface area contributed by atoms with Gasteiger partial charge in [0.2, 0.25) is 0 Å². The average molecular weight is 210 g/mol. The number of hydrogen-bond acceptors (Lipinski definition) is 2. The summed E-state index contributed by atoms with van der Waals surface area (Å²) in [6, 6.07) is 4.97. The molecule has 14 heavy (non-hydrogen) atoms. The van der Waals surface area contributed by atoms with Gasteiger partial charge in [0.25, 0.3) is 10.1 Å². The number of benzene rings is 1. The fraction of sp³-hybridized carbons (Fsp3) is 0.200. The number of allylic oxidation sites excluding steroid dienone is 2. The first-order valence-corrected chi connectivity index (χ1v) is 5.76. The molecule has 1 aromatic carbocycles. The van der Waals surface area contributed by atoms with E-state index in [0.29, 0.717) is 6.42 Å². The highest BCUT2D eigenvalue weighted by atomic mass is 32.2. The molecule has 3 nitrogen and oxygen atoms in total. The van der Waals surface area contributed by atoms with Gasteiger partial charge in [0.05, 0.1) is 4.90 Å². The van der Waals surface area contributed by atoms with Gasteiger partial charge in [0, 0.05) is 0 Å². The Morgan fingerprint density at radius 2 is 1.86 bits per heavy atom. The molecule has 0 aliphatic heterocycles. The van der Waals surface area contributed by atoms with Crippen molar-refractivity contribution in [2.24, 2.45) is 0 Å². The Bertz CT molecular complexity index is 486. The molecule has 74 valence electrons. The molecule has 1 N–H and O–H groups in total. The van der Waals surface area contributed by atoms with Gasteiger partial charge in [0.15, 0.2) is 0 Å². The minimum Gasteiger partial charge on any atom is -0.282 e. The van der Waals surface area contributed by atoms with Gasteiger partial charge >= 0.3 is 0 Å². The van der Waals surface area contributed by atoms with Gasteiger partial charge in [-0.05, 0) is 30.0 Å². The molecule has 0 saturated heterocycles. The number of hydrogen-bond donors (Lipinski definition) is 1. The van der Waals surface area contributed by atoms with Crippen molar-refractivity contribution in [2.75, 3.05) is 0 Å². The fourth-order valence-corrected chi connectivity index (χ4v) is 2.46. The smallest absolute Gasteiger partial charge is 0.282 e. The lowest BCUT2D eigenvalue weighted by molar-refractivity contribution is 0.482. The van der Waals surface area contributed by atoms with Crippen LogP contribution in [0.2, 0.25) is 0 Å². The van der Waals surface area contributed by atoms with Gasteiger partial charge in [0.1, 0.15) is 0 Å². The quantitative estimate of drug-likeness (QED) is 0.565. The Balaban J connectivity index is 2.65. The third kappa shape index (κ3) is 1.58. The van der Waals surface area contributed by atoms with E-state index in [1.807, 2.05) is 18.2 Å². The molecule has 1 aliphatic rings. The van der Waals surface area contributed by atoms with E-state index in [1.54, 1.807) is 6.07 Å². The lowest BCUT2D eigenvalue weighted by atomic mass is 9.97. The first kappa shape index (κ1) is 9.43. The average Bonchev–Trinajstić information content (AvgIpc) is 2.15. The standard InChI is InChI=1S/C10H10O3S/c11-14(12,13)10-7-3-5-8-4-1-2-6-9(8)10/h1-3,5,7H,4,6H2,(H,11,12,13). The highest BCUT2D eigenvalue weighted by Crippen LogP contribution is 2.23. The van der Waals surface area contributed by atoms with Crippen LogP contribution in [-0.4, -0.2) is 13.0 Å². The Kier molecular flexibility index (Phi) is 2.17. The molecule has 0 radical (unpaired) electrons. The van der Waals surface area contributed by atoms with Crippen LogP contribution in [0, 0.1) is 0 Å². The second-order valence-corrected chi connectivity index (χ2v) is 4.64. The van der Waals surface area contributed by atoms with Crippen LogP contribution in [0.5, 0.6) is 0 Å². The van der Waals surface area contributed by atoms with E-state index in [4.69, 9.17) is 4.55 Å². The summed E-state index contributed by atoms with van der Waals surface area (Å²) in [7, 11) is -4.08. The molecule has 1 aliphatic carbocycles. The monoisotopic (exact) mass is 210 g/mol. The maximum absolute atomic E-state index is 11.0. The third-order valence-corrected chi connectivity index (χ3v) is 3.27. The van der Waals surface area contributed by atoms with Crippen LogP contribution in [0.3, 0.4) is 0 Å². The Labute approximate surface area is 82.8 Å². The van der Waals surface area contributed by atoms with Crippen molar-refractivity contribution >= 4 is 10.1 Å². The summed E-state index contributed by atoms with van der Waals surface area (Å²) in [6.45, 7) is 0. The summed E-state index contributed by atoms with van der Waals surface area (Å²) in [5, 5.41) is 0. The Morgan fingerprint density at radius 3 is 2.57 bits per heavy atom. The molecule has 2 rings (SSSR count). The zero-order chi connectivity index (χ0) is 10.2. The molecular weight excluding hydrogens is 200 g/mol. The first-order chi connectivity index (χ1) is 6.59. The molecular formula is C10H10O3S. The summed E-state index contributed by atoms with van der Waals surface area (Å²) >= 11 is 0. The Morgan fingerprint density at radius 1 is 1.14 bits per heavy atom. The third-order valence-electron chi connectivity index (χ3n) is 2.33. The lowest BCUT2D eigenvalue weighted by Gasteiger charge is -2.13. The van der Waals surface area contributed by atoms with Crippen molar-refractivity contribution < 1.29 is 13.0 Å². The van der Waals surface area contributed by atoms with Crippen molar-refractivity contribution in [3.05, 3.63) is 41.5 Å². The molecule has 0 saturated carbocycles. The molecule has 4 heteroatoms. The van der Waals surface area contributed by atoms with E-state index < -0.39 is 10.1 Å². The van der Waals surface area contributed by atoms with Gasteiger partial charge < -0.3 is 0 Å². The zero-order valence-corrected chi connectivity index (χ0v) is 8.29. The van der Waals surface area contributed by atoms with Crippen molar-refractivity contribution in [3.8, 4) is 0 Å². The molecule has 1 aromatic rings. The zero-order valence-electron chi connectivity index (χ0n) is 7.47. The van der Waals surface area contributed by atoms with Crippen molar-refractivity contribution in [2.45, 2.75) is 17.7 Å². The molecule has 0 atom stereocenters. The molecule has 0 amide bonds. The minimum atomic E-state index is -4.08. The van der Waals surface area contributed by atoms with Crippen LogP contribution in [0.4, 0.5) is 0 Å². The van der Waals surface area contributed by atoms with Crippen LogP contribution < -0.4 is 0 Å². The second kappa shape index (κ2) is 3.22.